The first kappa shape index (κ1) is 9.96. The van der Waals surface area contributed by atoms with E-state index in [4.69, 9.17) is 5.73 Å². The topological polar surface area (TPSA) is 58.3 Å². The Kier molecular flexibility index (Phi) is 3.98. The number of nitrogens with two attached hydrogens (primary N) is 1. The Morgan fingerprint density at radius 3 is 2.83 bits per heavy atom. The zero-order chi connectivity index (χ0) is 8.97. The van der Waals surface area contributed by atoms with E-state index in [2.05, 4.69) is 12.2 Å². The number of aliphatic hydroxyl groups is 1. The highest BCUT2D eigenvalue weighted by molar-refractivity contribution is 4.79. The second-order valence-electron chi connectivity index (χ2n) is 3.80. The molecule has 12 heavy (non-hydrogen) atoms. The fourth-order valence-corrected chi connectivity index (χ4v) is 1.69. The van der Waals surface area contributed by atoms with E-state index in [1.165, 1.54) is 6.42 Å². The summed E-state index contributed by atoms with van der Waals surface area (Å²) in [7, 11) is 0. The molecular formula is C9H20N2O. The summed E-state index contributed by atoms with van der Waals surface area (Å²) in [6.45, 7) is 3.66. The first-order valence-corrected chi connectivity index (χ1v) is 4.85. The number of rotatable bonds is 4. The van der Waals surface area contributed by atoms with Gasteiger partial charge in [-0.3, -0.25) is 0 Å². The van der Waals surface area contributed by atoms with E-state index in [-0.39, 0.29) is 6.10 Å². The van der Waals surface area contributed by atoms with Crippen LogP contribution in [0.5, 0.6) is 0 Å². The summed E-state index contributed by atoms with van der Waals surface area (Å²) in [4.78, 5) is 0. The predicted molar refractivity (Wildman–Crippen MR) is 49.9 cm³/mol. The number of nitrogens with one attached hydrogen (secondary N) is 1. The average Bonchev–Trinajstić information content (AvgIpc) is 2.47. The zero-order valence-corrected chi connectivity index (χ0v) is 7.79. The summed E-state index contributed by atoms with van der Waals surface area (Å²) in [6, 6.07) is 0.373. The van der Waals surface area contributed by atoms with Gasteiger partial charge in [0.1, 0.15) is 0 Å². The van der Waals surface area contributed by atoms with Crippen LogP contribution < -0.4 is 11.1 Å². The third-order valence-electron chi connectivity index (χ3n) is 2.70. The zero-order valence-electron chi connectivity index (χ0n) is 7.79. The minimum atomic E-state index is -0.0810. The van der Waals surface area contributed by atoms with Crippen LogP contribution in [0.25, 0.3) is 0 Å². The molecule has 0 saturated heterocycles. The van der Waals surface area contributed by atoms with Gasteiger partial charge in [-0.2, -0.15) is 0 Å². The molecule has 1 fully saturated rings. The molecule has 1 rings (SSSR count). The van der Waals surface area contributed by atoms with Crippen molar-refractivity contribution < 1.29 is 5.11 Å². The maximum atomic E-state index is 9.50. The monoisotopic (exact) mass is 172 g/mol. The molecule has 1 aliphatic carbocycles. The summed E-state index contributed by atoms with van der Waals surface area (Å²) in [6.07, 6.45) is 3.22. The summed E-state index contributed by atoms with van der Waals surface area (Å²) in [5.41, 5.74) is 5.47. The molecule has 0 heterocycles. The molecular weight excluding hydrogens is 152 g/mol. The number of hydrogen-bond donors (Lipinski definition) is 3. The molecule has 0 bridgehead atoms. The van der Waals surface area contributed by atoms with Crippen LogP contribution in [0.3, 0.4) is 0 Å². The molecule has 72 valence electrons. The van der Waals surface area contributed by atoms with Crippen LogP contribution in [0.15, 0.2) is 0 Å². The van der Waals surface area contributed by atoms with E-state index in [0.29, 0.717) is 18.5 Å². The van der Waals surface area contributed by atoms with Crippen LogP contribution in [0.4, 0.5) is 0 Å². The lowest BCUT2D eigenvalue weighted by atomic mass is 10.1. The van der Waals surface area contributed by atoms with E-state index in [1.807, 2.05) is 0 Å². The Labute approximate surface area is 74.3 Å². The third-order valence-corrected chi connectivity index (χ3v) is 2.70. The van der Waals surface area contributed by atoms with Crippen molar-refractivity contribution >= 4 is 0 Å². The fourth-order valence-electron chi connectivity index (χ4n) is 1.69. The second kappa shape index (κ2) is 4.80. The SMILES string of the molecule is CC(CN)NCC1CCCC1O. The quantitative estimate of drug-likeness (QED) is 0.563. The van der Waals surface area contributed by atoms with Crippen LogP contribution >= 0.6 is 0 Å². The molecule has 0 spiro atoms. The van der Waals surface area contributed by atoms with Crippen molar-refractivity contribution in [3.63, 3.8) is 0 Å². The second-order valence-corrected chi connectivity index (χ2v) is 3.80. The van der Waals surface area contributed by atoms with Crippen molar-refractivity contribution in [1.29, 1.82) is 0 Å². The van der Waals surface area contributed by atoms with E-state index in [0.717, 1.165) is 19.4 Å². The number of aliphatic hydroxyl groups excluding tert-OH is 1. The maximum absolute atomic E-state index is 9.50. The molecule has 0 radical (unpaired) electrons. The van der Waals surface area contributed by atoms with Gasteiger partial charge in [0, 0.05) is 19.1 Å². The summed E-state index contributed by atoms with van der Waals surface area (Å²) >= 11 is 0. The Morgan fingerprint density at radius 2 is 2.33 bits per heavy atom. The van der Waals surface area contributed by atoms with Crippen molar-refractivity contribution in [1.82, 2.24) is 5.32 Å². The van der Waals surface area contributed by atoms with E-state index >= 15 is 0 Å². The van der Waals surface area contributed by atoms with Crippen molar-refractivity contribution in [3.05, 3.63) is 0 Å². The minimum absolute atomic E-state index is 0.0810. The van der Waals surface area contributed by atoms with E-state index in [1.54, 1.807) is 0 Å². The van der Waals surface area contributed by atoms with Crippen molar-refractivity contribution in [2.45, 2.75) is 38.3 Å². The smallest absolute Gasteiger partial charge is 0.0580 e. The molecule has 0 aromatic rings. The lowest BCUT2D eigenvalue weighted by molar-refractivity contribution is 0.130. The van der Waals surface area contributed by atoms with Gasteiger partial charge in [0.05, 0.1) is 6.10 Å². The Hall–Kier alpha value is -0.120. The molecule has 0 aliphatic heterocycles. The van der Waals surface area contributed by atoms with Crippen LogP contribution in [0.1, 0.15) is 26.2 Å². The molecule has 0 amide bonds. The Morgan fingerprint density at radius 1 is 1.58 bits per heavy atom. The molecule has 3 nitrogen and oxygen atoms in total. The first-order chi connectivity index (χ1) is 5.74. The highest BCUT2D eigenvalue weighted by atomic mass is 16.3. The van der Waals surface area contributed by atoms with Crippen LogP contribution in [0.2, 0.25) is 0 Å². The molecule has 3 atom stereocenters. The minimum Gasteiger partial charge on any atom is -0.393 e. The predicted octanol–water partition coefficient (Wildman–Crippen LogP) is 0.0842. The van der Waals surface area contributed by atoms with Crippen LogP contribution in [-0.4, -0.2) is 30.3 Å². The standard InChI is InChI=1S/C9H20N2O/c1-7(5-10)11-6-8-3-2-4-9(8)12/h7-9,11-12H,2-6,10H2,1H3. The van der Waals surface area contributed by atoms with Crippen molar-refractivity contribution in [2.75, 3.05) is 13.1 Å². The van der Waals surface area contributed by atoms with Crippen molar-refractivity contribution in [2.24, 2.45) is 11.7 Å². The van der Waals surface area contributed by atoms with Gasteiger partial charge in [0.2, 0.25) is 0 Å². The lowest BCUT2D eigenvalue weighted by Gasteiger charge is -2.18. The molecule has 1 saturated carbocycles. The highest BCUT2D eigenvalue weighted by Crippen LogP contribution is 2.24. The van der Waals surface area contributed by atoms with Gasteiger partial charge in [-0.1, -0.05) is 6.42 Å². The summed E-state index contributed by atoms with van der Waals surface area (Å²) in [5, 5.41) is 12.8. The van der Waals surface area contributed by atoms with Gasteiger partial charge in [0.25, 0.3) is 0 Å². The number of hydrogen-bond acceptors (Lipinski definition) is 3. The fraction of sp³-hybridized carbons (Fsp3) is 1.00. The molecule has 3 unspecified atom stereocenters. The van der Waals surface area contributed by atoms with Crippen molar-refractivity contribution in [3.8, 4) is 0 Å². The molecule has 0 aromatic heterocycles. The van der Waals surface area contributed by atoms with Crippen LogP contribution in [0, 0.1) is 5.92 Å². The molecule has 1 aliphatic rings. The largest absolute Gasteiger partial charge is 0.393 e. The molecule has 3 heteroatoms. The third kappa shape index (κ3) is 2.73. The first-order valence-electron chi connectivity index (χ1n) is 4.85. The molecule has 4 N–H and O–H groups in total. The van der Waals surface area contributed by atoms with E-state index in [9.17, 15) is 5.11 Å². The highest BCUT2D eigenvalue weighted by Gasteiger charge is 2.24. The van der Waals surface area contributed by atoms with Gasteiger partial charge in [0.15, 0.2) is 0 Å². The van der Waals surface area contributed by atoms with Gasteiger partial charge >= 0.3 is 0 Å². The van der Waals surface area contributed by atoms with Gasteiger partial charge in [-0.15, -0.1) is 0 Å². The normalized spacial score (nSPS) is 32.2. The summed E-state index contributed by atoms with van der Waals surface area (Å²) < 4.78 is 0. The van der Waals surface area contributed by atoms with Crippen LogP contribution in [-0.2, 0) is 0 Å². The Bertz CT molecular complexity index is 130. The summed E-state index contributed by atoms with van der Waals surface area (Å²) in [5.74, 6) is 0.457. The lowest BCUT2D eigenvalue weighted by Crippen LogP contribution is -2.38. The molecule has 0 aromatic carbocycles. The van der Waals surface area contributed by atoms with Gasteiger partial charge in [-0.25, -0.2) is 0 Å². The van der Waals surface area contributed by atoms with Gasteiger partial charge in [-0.05, 0) is 25.7 Å². The maximum Gasteiger partial charge on any atom is 0.0580 e. The Balaban J connectivity index is 2.13. The van der Waals surface area contributed by atoms with E-state index < -0.39 is 0 Å². The van der Waals surface area contributed by atoms with Gasteiger partial charge < -0.3 is 16.2 Å². The average molecular weight is 172 g/mol.